The van der Waals surface area contributed by atoms with Crippen LogP contribution in [0.3, 0.4) is 0 Å². The molecule has 0 saturated heterocycles. The average Bonchev–Trinajstić information content (AvgIpc) is 2.60. The lowest BCUT2D eigenvalue weighted by atomic mass is 10.2. The van der Waals surface area contributed by atoms with Crippen molar-refractivity contribution >= 4 is 17.7 Å². The molecule has 6 heteroatoms. The molecule has 0 fully saturated rings. The Morgan fingerprint density at radius 1 is 1.13 bits per heavy atom. The third kappa shape index (κ3) is 4.81. The largest absolute Gasteiger partial charge is 0.484 e. The highest BCUT2D eigenvalue weighted by Gasteiger charge is 2.08. The Labute approximate surface area is 134 Å². The minimum Gasteiger partial charge on any atom is -0.484 e. The Morgan fingerprint density at radius 2 is 1.87 bits per heavy atom. The van der Waals surface area contributed by atoms with Gasteiger partial charge < -0.3 is 14.8 Å². The number of ether oxygens (including phenoxy) is 2. The van der Waals surface area contributed by atoms with Gasteiger partial charge in [-0.15, -0.1) is 0 Å². The van der Waals surface area contributed by atoms with Crippen LogP contribution < -0.4 is 10.1 Å². The summed E-state index contributed by atoms with van der Waals surface area (Å²) >= 11 is 0. The van der Waals surface area contributed by atoms with Gasteiger partial charge in [0.1, 0.15) is 11.6 Å². The van der Waals surface area contributed by atoms with Gasteiger partial charge in [0.25, 0.3) is 5.91 Å². The summed E-state index contributed by atoms with van der Waals surface area (Å²) in [5.41, 5.74) is 1.52. The van der Waals surface area contributed by atoms with E-state index in [0.717, 1.165) is 6.42 Å². The highest BCUT2D eigenvalue weighted by atomic mass is 16.5. The minimum absolute atomic E-state index is 0.119. The van der Waals surface area contributed by atoms with Gasteiger partial charge in [0.15, 0.2) is 6.61 Å². The molecule has 0 bridgehead atoms. The summed E-state index contributed by atoms with van der Waals surface area (Å²) in [5.74, 6) is 0.163. The molecule has 1 aromatic heterocycles. The summed E-state index contributed by atoms with van der Waals surface area (Å²) in [4.78, 5) is 27.1. The van der Waals surface area contributed by atoms with Gasteiger partial charge in [-0.05, 0) is 36.2 Å². The summed E-state index contributed by atoms with van der Waals surface area (Å²) in [6, 6.07) is 10.6. The van der Waals surface area contributed by atoms with E-state index in [-0.39, 0.29) is 12.5 Å². The van der Waals surface area contributed by atoms with Crippen molar-refractivity contribution < 1.29 is 19.1 Å². The van der Waals surface area contributed by atoms with Crippen LogP contribution in [0.4, 0.5) is 5.82 Å². The first-order chi connectivity index (χ1) is 11.1. The lowest BCUT2D eigenvalue weighted by Gasteiger charge is -2.08. The molecule has 6 nitrogen and oxygen atoms in total. The Bertz CT molecular complexity index is 666. The van der Waals surface area contributed by atoms with Crippen molar-refractivity contribution in [3.8, 4) is 5.75 Å². The third-order valence-corrected chi connectivity index (χ3v) is 3.15. The van der Waals surface area contributed by atoms with Crippen LogP contribution in [0.15, 0.2) is 42.6 Å². The number of rotatable bonds is 6. The van der Waals surface area contributed by atoms with E-state index < -0.39 is 5.97 Å². The van der Waals surface area contributed by atoms with Crippen molar-refractivity contribution in [2.24, 2.45) is 0 Å². The normalized spacial score (nSPS) is 10.0. The second-order valence-electron chi connectivity index (χ2n) is 4.76. The standard InChI is InChI=1S/C17H18N2O4/c1-3-12-4-7-14(8-5-12)23-11-16(20)19-15-9-6-13(10-18-15)17(21)22-2/h4-10H,3,11H2,1-2H3,(H,18,19,20). The number of aryl methyl sites for hydroxylation is 1. The molecule has 1 amide bonds. The fraction of sp³-hybridized carbons (Fsp3) is 0.235. The van der Waals surface area contributed by atoms with E-state index in [9.17, 15) is 9.59 Å². The van der Waals surface area contributed by atoms with E-state index in [1.54, 1.807) is 0 Å². The van der Waals surface area contributed by atoms with E-state index >= 15 is 0 Å². The quantitative estimate of drug-likeness (QED) is 0.829. The molecule has 0 aliphatic carbocycles. The Balaban J connectivity index is 1.85. The van der Waals surface area contributed by atoms with E-state index in [2.05, 4.69) is 22.0 Å². The molecule has 0 aliphatic heterocycles. The molecule has 1 heterocycles. The molecule has 0 unspecified atom stereocenters. The zero-order valence-corrected chi connectivity index (χ0v) is 13.0. The van der Waals surface area contributed by atoms with Crippen LogP contribution in [-0.2, 0) is 16.0 Å². The fourth-order valence-electron chi connectivity index (χ4n) is 1.86. The number of amides is 1. The molecule has 1 N–H and O–H groups in total. The van der Waals surface area contributed by atoms with Gasteiger partial charge in [-0.2, -0.15) is 0 Å². The molecule has 0 spiro atoms. The van der Waals surface area contributed by atoms with Crippen LogP contribution in [0.1, 0.15) is 22.8 Å². The number of nitrogens with one attached hydrogen (secondary N) is 1. The van der Waals surface area contributed by atoms with Crippen molar-refractivity contribution in [2.75, 3.05) is 19.0 Å². The highest BCUT2D eigenvalue weighted by molar-refractivity contribution is 5.92. The molecular weight excluding hydrogens is 296 g/mol. The second-order valence-corrected chi connectivity index (χ2v) is 4.76. The summed E-state index contributed by atoms with van der Waals surface area (Å²) in [5, 5.41) is 2.59. The fourth-order valence-corrected chi connectivity index (χ4v) is 1.86. The van der Waals surface area contributed by atoms with E-state index in [0.29, 0.717) is 17.1 Å². The van der Waals surface area contributed by atoms with Crippen LogP contribution in [0, 0.1) is 0 Å². The minimum atomic E-state index is -0.478. The Morgan fingerprint density at radius 3 is 2.43 bits per heavy atom. The van der Waals surface area contributed by atoms with Crippen LogP contribution >= 0.6 is 0 Å². The van der Waals surface area contributed by atoms with E-state index in [4.69, 9.17) is 4.74 Å². The molecule has 0 aliphatic rings. The highest BCUT2D eigenvalue weighted by Crippen LogP contribution is 2.12. The van der Waals surface area contributed by atoms with Gasteiger partial charge in [-0.1, -0.05) is 19.1 Å². The zero-order chi connectivity index (χ0) is 16.7. The monoisotopic (exact) mass is 314 g/mol. The van der Waals surface area contributed by atoms with Crippen LogP contribution in [0.2, 0.25) is 0 Å². The van der Waals surface area contributed by atoms with Gasteiger partial charge in [0.05, 0.1) is 12.7 Å². The van der Waals surface area contributed by atoms with Crippen molar-refractivity contribution in [3.63, 3.8) is 0 Å². The number of nitrogens with zero attached hydrogens (tertiary/aromatic N) is 1. The topological polar surface area (TPSA) is 77.5 Å². The average molecular weight is 314 g/mol. The SMILES string of the molecule is CCc1ccc(OCC(=O)Nc2ccc(C(=O)OC)cn2)cc1. The summed E-state index contributed by atoms with van der Waals surface area (Å²) in [6.45, 7) is 1.95. The van der Waals surface area contributed by atoms with Crippen LogP contribution in [-0.4, -0.2) is 30.6 Å². The molecule has 23 heavy (non-hydrogen) atoms. The van der Waals surface area contributed by atoms with Crippen LogP contribution in [0.25, 0.3) is 0 Å². The number of pyridine rings is 1. The maximum atomic E-state index is 11.8. The number of hydrogen-bond acceptors (Lipinski definition) is 5. The van der Waals surface area contributed by atoms with Crippen molar-refractivity contribution in [2.45, 2.75) is 13.3 Å². The molecule has 120 valence electrons. The van der Waals surface area contributed by atoms with E-state index in [1.165, 1.54) is 31.0 Å². The lowest BCUT2D eigenvalue weighted by molar-refractivity contribution is -0.118. The van der Waals surface area contributed by atoms with Crippen molar-refractivity contribution in [3.05, 3.63) is 53.7 Å². The van der Waals surface area contributed by atoms with Crippen molar-refractivity contribution in [1.82, 2.24) is 4.98 Å². The van der Waals surface area contributed by atoms with Gasteiger partial charge in [-0.25, -0.2) is 9.78 Å². The second kappa shape index (κ2) is 7.93. The number of methoxy groups -OCH3 is 1. The molecule has 2 rings (SSSR count). The summed E-state index contributed by atoms with van der Waals surface area (Å²) in [6.07, 6.45) is 2.29. The van der Waals surface area contributed by atoms with Gasteiger partial charge in [-0.3, -0.25) is 4.79 Å². The van der Waals surface area contributed by atoms with Crippen LogP contribution in [0.5, 0.6) is 5.75 Å². The number of benzene rings is 1. The molecule has 0 radical (unpaired) electrons. The Kier molecular flexibility index (Phi) is 5.68. The predicted molar refractivity (Wildman–Crippen MR) is 85.5 cm³/mol. The lowest BCUT2D eigenvalue weighted by Crippen LogP contribution is -2.20. The summed E-state index contributed by atoms with van der Waals surface area (Å²) in [7, 11) is 1.29. The van der Waals surface area contributed by atoms with Gasteiger partial charge >= 0.3 is 5.97 Å². The number of carbonyl (C=O) groups is 2. The zero-order valence-electron chi connectivity index (χ0n) is 13.0. The number of carbonyl (C=O) groups excluding carboxylic acids is 2. The van der Waals surface area contributed by atoms with Gasteiger partial charge in [0, 0.05) is 6.20 Å². The maximum Gasteiger partial charge on any atom is 0.339 e. The van der Waals surface area contributed by atoms with Gasteiger partial charge in [0.2, 0.25) is 0 Å². The number of aromatic nitrogens is 1. The molecule has 2 aromatic rings. The smallest absolute Gasteiger partial charge is 0.339 e. The van der Waals surface area contributed by atoms with E-state index in [1.807, 2.05) is 24.3 Å². The first kappa shape index (κ1) is 16.5. The molecule has 1 aromatic carbocycles. The Hall–Kier alpha value is -2.89. The number of hydrogen-bond donors (Lipinski definition) is 1. The molecule has 0 atom stereocenters. The third-order valence-electron chi connectivity index (χ3n) is 3.15. The first-order valence-electron chi connectivity index (χ1n) is 7.18. The molecule has 0 saturated carbocycles. The van der Waals surface area contributed by atoms with Crippen molar-refractivity contribution in [1.29, 1.82) is 0 Å². The predicted octanol–water partition coefficient (Wildman–Crippen LogP) is 2.45. The maximum absolute atomic E-state index is 11.8. The molecular formula is C17H18N2O4. The first-order valence-corrected chi connectivity index (χ1v) is 7.18. The number of anilines is 1. The summed E-state index contributed by atoms with van der Waals surface area (Å²) < 4.78 is 9.98. The number of esters is 1.